The highest BCUT2D eigenvalue weighted by atomic mass is 32.2. The number of aliphatic hydroxyl groups is 1. The highest BCUT2D eigenvalue weighted by Crippen LogP contribution is 2.27. The molecule has 0 radical (unpaired) electrons. The van der Waals surface area contributed by atoms with Crippen molar-refractivity contribution in [3.8, 4) is 0 Å². The monoisotopic (exact) mass is 390 g/mol. The van der Waals surface area contributed by atoms with E-state index in [4.69, 9.17) is 5.73 Å². The van der Waals surface area contributed by atoms with Crippen molar-refractivity contribution in [3.63, 3.8) is 0 Å². The smallest absolute Gasteiger partial charge is 0.244 e. The summed E-state index contributed by atoms with van der Waals surface area (Å²) in [5, 5.41) is 10.1. The normalized spacial score (nSPS) is 19.3. The standard InChI is InChI=1S/C19H26N4O3S/c1-14-13-22(27(25,26)17-8-9-18(20)21-12-17)10-11-23(14)16-6-4-15(5-7-16)19(2,3)24/h4-9,12,14,24H,10-11,13H2,1-3H3,(H2,20,21)/t14-/m0/s1. The lowest BCUT2D eigenvalue weighted by atomic mass is 9.98. The minimum absolute atomic E-state index is 0.0169. The van der Waals surface area contributed by atoms with E-state index in [-0.39, 0.29) is 10.9 Å². The fraction of sp³-hybridized carbons (Fsp3) is 0.421. The van der Waals surface area contributed by atoms with Crippen LogP contribution in [0.1, 0.15) is 26.3 Å². The van der Waals surface area contributed by atoms with E-state index in [0.717, 1.165) is 11.3 Å². The number of hydrogen-bond donors (Lipinski definition) is 2. The lowest BCUT2D eigenvalue weighted by molar-refractivity contribution is 0.0786. The molecule has 0 bridgehead atoms. The van der Waals surface area contributed by atoms with Crippen molar-refractivity contribution >= 4 is 21.5 Å². The maximum Gasteiger partial charge on any atom is 0.244 e. The molecule has 3 N–H and O–H groups in total. The van der Waals surface area contributed by atoms with Crippen LogP contribution < -0.4 is 10.6 Å². The first-order valence-electron chi connectivity index (χ1n) is 8.90. The van der Waals surface area contributed by atoms with Gasteiger partial charge in [-0.2, -0.15) is 4.31 Å². The summed E-state index contributed by atoms with van der Waals surface area (Å²) in [4.78, 5) is 6.23. The molecule has 27 heavy (non-hydrogen) atoms. The number of aromatic nitrogens is 1. The summed E-state index contributed by atoms with van der Waals surface area (Å²) >= 11 is 0. The molecule has 1 aliphatic heterocycles. The molecule has 2 aromatic rings. The van der Waals surface area contributed by atoms with Crippen LogP contribution in [0, 0.1) is 0 Å². The van der Waals surface area contributed by atoms with Crippen molar-refractivity contribution in [1.29, 1.82) is 0 Å². The lowest BCUT2D eigenvalue weighted by Gasteiger charge is -2.40. The molecule has 146 valence electrons. The van der Waals surface area contributed by atoms with Gasteiger partial charge in [-0.1, -0.05) is 12.1 Å². The van der Waals surface area contributed by atoms with E-state index in [2.05, 4.69) is 9.88 Å². The topological polar surface area (TPSA) is 99.8 Å². The average Bonchev–Trinajstić information content (AvgIpc) is 2.61. The Morgan fingerprint density at radius 2 is 1.81 bits per heavy atom. The molecule has 0 saturated carbocycles. The van der Waals surface area contributed by atoms with Gasteiger partial charge in [-0.15, -0.1) is 0 Å². The van der Waals surface area contributed by atoms with Gasteiger partial charge in [0.25, 0.3) is 0 Å². The Bertz CT molecular complexity index is 890. The van der Waals surface area contributed by atoms with Crippen LogP contribution in [0.4, 0.5) is 11.5 Å². The summed E-state index contributed by atoms with van der Waals surface area (Å²) in [6.07, 6.45) is 1.30. The van der Waals surface area contributed by atoms with Crippen molar-refractivity contribution in [1.82, 2.24) is 9.29 Å². The van der Waals surface area contributed by atoms with Crippen molar-refractivity contribution in [3.05, 3.63) is 48.2 Å². The fourth-order valence-corrected chi connectivity index (χ4v) is 4.74. The molecular formula is C19H26N4O3S. The Kier molecular flexibility index (Phi) is 5.16. The van der Waals surface area contributed by atoms with Gasteiger partial charge in [0.2, 0.25) is 10.0 Å². The summed E-state index contributed by atoms with van der Waals surface area (Å²) in [7, 11) is -3.59. The molecule has 1 saturated heterocycles. The first kappa shape index (κ1) is 19.6. The van der Waals surface area contributed by atoms with E-state index in [1.165, 1.54) is 22.6 Å². The highest BCUT2D eigenvalue weighted by molar-refractivity contribution is 7.89. The summed E-state index contributed by atoms with van der Waals surface area (Å²) < 4.78 is 27.2. The van der Waals surface area contributed by atoms with Crippen molar-refractivity contribution in [2.45, 2.75) is 37.3 Å². The molecule has 8 heteroatoms. The van der Waals surface area contributed by atoms with Gasteiger partial charge in [-0.05, 0) is 50.6 Å². The summed E-state index contributed by atoms with van der Waals surface area (Å²) in [5.74, 6) is 0.293. The van der Waals surface area contributed by atoms with Gasteiger partial charge in [0, 0.05) is 37.6 Å². The Morgan fingerprint density at radius 1 is 1.15 bits per heavy atom. The third kappa shape index (κ3) is 4.07. The highest BCUT2D eigenvalue weighted by Gasteiger charge is 2.32. The minimum Gasteiger partial charge on any atom is -0.386 e. The summed E-state index contributed by atoms with van der Waals surface area (Å²) in [6.45, 7) is 6.88. The van der Waals surface area contributed by atoms with Crippen LogP contribution in [-0.4, -0.2) is 48.5 Å². The van der Waals surface area contributed by atoms with Crippen LogP contribution in [-0.2, 0) is 15.6 Å². The largest absolute Gasteiger partial charge is 0.386 e. The number of nitrogen functional groups attached to an aromatic ring is 1. The van der Waals surface area contributed by atoms with Crippen LogP contribution in [0.15, 0.2) is 47.5 Å². The average molecular weight is 391 g/mol. The molecule has 1 fully saturated rings. The fourth-order valence-electron chi connectivity index (χ4n) is 3.28. The number of pyridine rings is 1. The van der Waals surface area contributed by atoms with E-state index in [9.17, 15) is 13.5 Å². The van der Waals surface area contributed by atoms with E-state index < -0.39 is 15.6 Å². The molecule has 7 nitrogen and oxygen atoms in total. The number of sulfonamides is 1. The Hall–Kier alpha value is -2.16. The maximum atomic E-state index is 12.8. The van der Waals surface area contributed by atoms with Gasteiger partial charge in [-0.25, -0.2) is 13.4 Å². The molecular weight excluding hydrogens is 364 g/mol. The van der Waals surface area contributed by atoms with Crippen LogP contribution in [0.25, 0.3) is 0 Å². The first-order chi connectivity index (χ1) is 12.6. The van der Waals surface area contributed by atoms with Gasteiger partial charge < -0.3 is 15.7 Å². The molecule has 2 heterocycles. The second-order valence-electron chi connectivity index (χ2n) is 7.43. The second kappa shape index (κ2) is 7.10. The number of nitrogens with two attached hydrogens (primary N) is 1. The van der Waals surface area contributed by atoms with Crippen LogP contribution >= 0.6 is 0 Å². The lowest BCUT2D eigenvalue weighted by Crippen LogP contribution is -2.53. The molecule has 3 rings (SSSR count). The SMILES string of the molecule is C[C@H]1CN(S(=O)(=O)c2ccc(N)nc2)CCN1c1ccc(C(C)(C)O)cc1. The quantitative estimate of drug-likeness (QED) is 0.826. The summed E-state index contributed by atoms with van der Waals surface area (Å²) in [6, 6.07) is 10.8. The van der Waals surface area contributed by atoms with E-state index in [0.29, 0.717) is 25.5 Å². The van der Waals surface area contributed by atoms with E-state index >= 15 is 0 Å². The third-order valence-electron chi connectivity index (χ3n) is 4.89. The number of nitrogens with zero attached hydrogens (tertiary/aromatic N) is 3. The number of piperazine rings is 1. The van der Waals surface area contributed by atoms with Crippen LogP contribution in [0.2, 0.25) is 0 Å². The molecule has 0 amide bonds. The van der Waals surface area contributed by atoms with Gasteiger partial charge >= 0.3 is 0 Å². The Balaban J connectivity index is 1.75. The van der Waals surface area contributed by atoms with E-state index in [1.807, 2.05) is 31.2 Å². The molecule has 0 aliphatic carbocycles. The van der Waals surface area contributed by atoms with Crippen molar-refractivity contribution < 1.29 is 13.5 Å². The minimum atomic E-state index is -3.59. The van der Waals surface area contributed by atoms with Gasteiger partial charge in [0.1, 0.15) is 10.7 Å². The third-order valence-corrected chi connectivity index (χ3v) is 6.74. The molecule has 1 atom stereocenters. The predicted molar refractivity (Wildman–Crippen MR) is 106 cm³/mol. The zero-order valence-electron chi connectivity index (χ0n) is 15.8. The van der Waals surface area contributed by atoms with Gasteiger partial charge in [-0.3, -0.25) is 0 Å². The van der Waals surface area contributed by atoms with E-state index in [1.54, 1.807) is 13.8 Å². The number of benzene rings is 1. The zero-order valence-corrected chi connectivity index (χ0v) is 16.6. The molecule has 0 unspecified atom stereocenters. The Morgan fingerprint density at radius 3 is 2.33 bits per heavy atom. The Labute approximate surface area is 160 Å². The molecule has 1 aromatic carbocycles. The maximum absolute atomic E-state index is 12.8. The van der Waals surface area contributed by atoms with Gasteiger partial charge in [0.05, 0.1) is 5.60 Å². The second-order valence-corrected chi connectivity index (χ2v) is 9.37. The molecule has 0 spiro atoms. The van der Waals surface area contributed by atoms with Crippen molar-refractivity contribution in [2.75, 3.05) is 30.3 Å². The zero-order chi connectivity index (χ0) is 19.8. The number of rotatable bonds is 4. The van der Waals surface area contributed by atoms with Crippen LogP contribution in [0.3, 0.4) is 0 Å². The molecule has 1 aliphatic rings. The predicted octanol–water partition coefficient (Wildman–Crippen LogP) is 1.79. The van der Waals surface area contributed by atoms with Crippen LogP contribution in [0.5, 0.6) is 0 Å². The number of anilines is 2. The molecule has 1 aromatic heterocycles. The summed E-state index contributed by atoms with van der Waals surface area (Å²) in [5.41, 5.74) is 6.52. The van der Waals surface area contributed by atoms with Crippen molar-refractivity contribution in [2.24, 2.45) is 0 Å². The first-order valence-corrected chi connectivity index (χ1v) is 10.3. The number of hydrogen-bond acceptors (Lipinski definition) is 6. The van der Waals surface area contributed by atoms with Gasteiger partial charge in [0.15, 0.2) is 0 Å².